The van der Waals surface area contributed by atoms with E-state index >= 15 is 0 Å². The first-order chi connectivity index (χ1) is 11.9. The van der Waals surface area contributed by atoms with Gasteiger partial charge in [0, 0.05) is 6.42 Å². The van der Waals surface area contributed by atoms with Crippen LogP contribution in [0.15, 0.2) is 24.3 Å². The van der Waals surface area contributed by atoms with Gasteiger partial charge < -0.3 is 20.5 Å². The number of rotatable bonds is 3. The lowest BCUT2D eigenvalue weighted by Gasteiger charge is -2.32. The van der Waals surface area contributed by atoms with Gasteiger partial charge in [-0.25, -0.2) is 4.79 Å². The van der Waals surface area contributed by atoms with Crippen LogP contribution in [0.3, 0.4) is 0 Å². The number of alkyl carbamates (subject to hydrolysis) is 1. The average molecular weight is 362 g/mol. The predicted octanol–water partition coefficient (Wildman–Crippen LogP) is 2.70. The summed E-state index contributed by atoms with van der Waals surface area (Å²) in [6.45, 7) is 10.9. The van der Waals surface area contributed by atoms with Gasteiger partial charge in [0.1, 0.15) is 11.6 Å². The molecule has 0 aromatic heterocycles. The molecule has 1 aliphatic rings. The van der Waals surface area contributed by atoms with Crippen LogP contribution in [0.2, 0.25) is 0 Å². The number of fused-ring (bicyclic) bond motifs is 1. The maximum atomic E-state index is 12.9. The molecule has 0 bridgehead atoms. The Morgan fingerprint density at radius 1 is 1.15 bits per heavy atom. The summed E-state index contributed by atoms with van der Waals surface area (Å²) < 4.78 is 5.28. The maximum absolute atomic E-state index is 12.9. The van der Waals surface area contributed by atoms with Crippen LogP contribution in [0.5, 0.6) is 0 Å². The van der Waals surface area contributed by atoms with Gasteiger partial charge in [0.15, 0.2) is 0 Å². The fourth-order valence-electron chi connectivity index (χ4n) is 3.09. The largest absolute Gasteiger partial charge is 0.444 e. The molecule has 0 unspecified atom stereocenters. The van der Waals surface area contributed by atoms with Gasteiger partial charge in [-0.3, -0.25) is 4.79 Å². The molecule has 1 aromatic rings. The first kappa shape index (κ1) is 20.2. The zero-order valence-electron chi connectivity index (χ0n) is 16.4. The van der Waals surface area contributed by atoms with Gasteiger partial charge in [0.25, 0.3) is 0 Å². The summed E-state index contributed by atoms with van der Waals surface area (Å²) in [7, 11) is 0. The van der Waals surface area contributed by atoms with Crippen molar-refractivity contribution in [1.29, 1.82) is 0 Å². The van der Waals surface area contributed by atoms with Crippen LogP contribution in [0.25, 0.3) is 0 Å². The standard InChI is InChI=1S/C20H30N2O4/c1-19(2,3)16(22-18(25)26-20(4,5)6)17(24)21-15-13-10-8-7-9-12(13)11-14(15)23/h7-10,14-16,23H,11H2,1-6H3,(H,21,24)(H,22,25)/t14-,15+,16-/m1/s1. The Kier molecular flexibility index (Phi) is 5.66. The van der Waals surface area contributed by atoms with E-state index in [0.717, 1.165) is 11.1 Å². The molecule has 26 heavy (non-hydrogen) atoms. The molecule has 3 atom stereocenters. The van der Waals surface area contributed by atoms with Crippen molar-refractivity contribution < 1.29 is 19.4 Å². The third kappa shape index (κ3) is 4.97. The molecule has 0 aliphatic heterocycles. The third-order valence-corrected chi connectivity index (χ3v) is 4.29. The number of aliphatic hydroxyl groups excluding tert-OH is 1. The number of benzene rings is 1. The quantitative estimate of drug-likeness (QED) is 0.771. The molecular formula is C20H30N2O4. The van der Waals surface area contributed by atoms with Gasteiger partial charge in [-0.1, -0.05) is 45.0 Å². The summed E-state index contributed by atoms with van der Waals surface area (Å²) in [5, 5.41) is 15.9. The Labute approximate surface area is 155 Å². The lowest BCUT2D eigenvalue weighted by Crippen LogP contribution is -2.55. The summed E-state index contributed by atoms with van der Waals surface area (Å²) >= 11 is 0. The zero-order valence-corrected chi connectivity index (χ0v) is 16.4. The molecule has 0 heterocycles. The number of amides is 2. The topological polar surface area (TPSA) is 87.7 Å². The Hall–Kier alpha value is -2.08. The van der Waals surface area contributed by atoms with E-state index in [1.807, 2.05) is 45.0 Å². The fourth-order valence-corrected chi connectivity index (χ4v) is 3.09. The molecule has 2 amide bonds. The van der Waals surface area contributed by atoms with Crippen molar-refractivity contribution in [3.05, 3.63) is 35.4 Å². The fraction of sp³-hybridized carbons (Fsp3) is 0.600. The molecule has 2 rings (SSSR count). The normalized spacial score (nSPS) is 20.9. The lowest BCUT2D eigenvalue weighted by molar-refractivity contribution is -0.127. The number of nitrogens with one attached hydrogen (secondary N) is 2. The third-order valence-electron chi connectivity index (χ3n) is 4.29. The van der Waals surface area contributed by atoms with E-state index in [0.29, 0.717) is 6.42 Å². The van der Waals surface area contributed by atoms with E-state index in [2.05, 4.69) is 10.6 Å². The van der Waals surface area contributed by atoms with Crippen molar-refractivity contribution in [2.24, 2.45) is 5.41 Å². The monoisotopic (exact) mass is 362 g/mol. The van der Waals surface area contributed by atoms with E-state index in [-0.39, 0.29) is 5.91 Å². The van der Waals surface area contributed by atoms with Gasteiger partial charge in [0.05, 0.1) is 12.1 Å². The highest BCUT2D eigenvalue weighted by molar-refractivity contribution is 5.87. The van der Waals surface area contributed by atoms with Crippen molar-refractivity contribution in [1.82, 2.24) is 10.6 Å². The second-order valence-electron chi connectivity index (χ2n) is 8.90. The number of aliphatic hydroxyl groups is 1. The van der Waals surface area contributed by atoms with Crippen LogP contribution in [-0.4, -0.2) is 34.9 Å². The van der Waals surface area contributed by atoms with Gasteiger partial charge >= 0.3 is 6.09 Å². The van der Waals surface area contributed by atoms with Crippen LogP contribution in [0.1, 0.15) is 58.7 Å². The van der Waals surface area contributed by atoms with E-state index in [1.165, 1.54) is 0 Å². The van der Waals surface area contributed by atoms with Gasteiger partial charge in [0.2, 0.25) is 5.91 Å². The van der Waals surface area contributed by atoms with E-state index < -0.39 is 35.3 Å². The molecule has 0 spiro atoms. The predicted molar refractivity (Wildman–Crippen MR) is 99.6 cm³/mol. The van der Waals surface area contributed by atoms with Gasteiger partial charge in [-0.2, -0.15) is 0 Å². The molecule has 144 valence electrons. The number of carbonyl (C=O) groups excluding carboxylic acids is 2. The van der Waals surface area contributed by atoms with Crippen LogP contribution in [-0.2, 0) is 16.0 Å². The maximum Gasteiger partial charge on any atom is 0.408 e. The molecule has 0 fully saturated rings. The second kappa shape index (κ2) is 7.27. The Morgan fingerprint density at radius 2 is 1.77 bits per heavy atom. The molecule has 0 saturated carbocycles. The summed E-state index contributed by atoms with van der Waals surface area (Å²) in [6.07, 6.45) is -0.820. The first-order valence-electron chi connectivity index (χ1n) is 8.94. The minimum Gasteiger partial charge on any atom is -0.444 e. The Bertz CT molecular complexity index is 673. The van der Waals surface area contributed by atoms with Gasteiger partial charge in [-0.15, -0.1) is 0 Å². The van der Waals surface area contributed by atoms with Crippen LogP contribution < -0.4 is 10.6 Å². The number of ether oxygens (including phenoxy) is 1. The van der Waals surface area contributed by atoms with Crippen molar-refractivity contribution in [2.75, 3.05) is 0 Å². The highest BCUT2D eigenvalue weighted by Gasteiger charge is 2.38. The lowest BCUT2D eigenvalue weighted by atomic mass is 9.86. The highest BCUT2D eigenvalue weighted by Crippen LogP contribution is 2.32. The smallest absolute Gasteiger partial charge is 0.408 e. The van der Waals surface area contributed by atoms with E-state index in [9.17, 15) is 14.7 Å². The number of carbonyl (C=O) groups is 2. The van der Waals surface area contributed by atoms with E-state index in [4.69, 9.17) is 4.74 Å². The molecule has 0 saturated heterocycles. The Morgan fingerprint density at radius 3 is 2.35 bits per heavy atom. The zero-order chi connectivity index (χ0) is 19.7. The minimum absolute atomic E-state index is 0.343. The number of hydrogen-bond acceptors (Lipinski definition) is 4. The SMILES string of the molecule is CC(C)(C)OC(=O)N[C@H](C(=O)N[C@H]1c2ccccc2C[C@H]1O)C(C)(C)C. The van der Waals surface area contributed by atoms with Crippen LogP contribution in [0, 0.1) is 5.41 Å². The van der Waals surface area contributed by atoms with E-state index in [1.54, 1.807) is 20.8 Å². The van der Waals surface area contributed by atoms with Crippen molar-refractivity contribution in [3.63, 3.8) is 0 Å². The average Bonchev–Trinajstić information content (AvgIpc) is 2.78. The summed E-state index contributed by atoms with van der Waals surface area (Å²) in [5.41, 5.74) is 0.768. The molecule has 3 N–H and O–H groups in total. The molecule has 1 aromatic carbocycles. The summed E-state index contributed by atoms with van der Waals surface area (Å²) in [4.78, 5) is 25.1. The van der Waals surface area contributed by atoms with Crippen LogP contribution >= 0.6 is 0 Å². The second-order valence-corrected chi connectivity index (χ2v) is 8.90. The van der Waals surface area contributed by atoms with Crippen LogP contribution in [0.4, 0.5) is 4.79 Å². The highest BCUT2D eigenvalue weighted by atomic mass is 16.6. The molecule has 0 radical (unpaired) electrons. The number of hydrogen-bond donors (Lipinski definition) is 3. The van der Waals surface area contributed by atoms with Crippen molar-refractivity contribution in [2.45, 2.75) is 71.8 Å². The summed E-state index contributed by atoms with van der Waals surface area (Å²) in [5.74, 6) is -0.343. The van der Waals surface area contributed by atoms with Crippen molar-refractivity contribution in [3.8, 4) is 0 Å². The summed E-state index contributed by atoms with van der Waals surface area (Å²) in [6, 6.07) is 6.38. The van der Waals surface area contributed by atoms with Crippen molar-refractivity contribution >= 4 is 12.0 Å². The Balaban J connectivity index is 2.14. The molecular weight excluding hydrogens is 332 g/mol. The minimum atomic E-state index is -0.794. The van der Waals surface area contributed by atoms with Gasteiger partial charge in [-0.05, 0) is 37.3 Å². The first-order valence-corrected chi connectivity index (χ1v) is 8.94. The molecule has 1 aliphatic carbocycles. The molecule has 6 nitrogen and oxygen atoms in total. The molecule has 6 heteroatoms.